The van der Waals surface area contributed by atoms with Gasteiger partial charge in [-0.25, -0.2) is 4.98 Å². The number of H-pyrrole nitrogens is 1. The van der Waals surface area contributed by atoms with Crippen molar-refractivity contribution in [3.63, 3.8) is 0 Å². The number of methoxy groups -OCH3 is 1. The molecule has 0 radical (unpaired) electrons. The summed E-state index contributed by atoms with van der Waals surface area (Å²) in [6.45, 7) is 2.02. The fourth-order valence-electron chi connectivity index (χ4n) is 2.23. The highest BCUT2D eigenvalue weighted by Crippen LogP contribution is 2.35. The van der Waals surface area contributed by atoms with Gasteiger partial charge in [0.05, 0.1) is 11.3 Å². The number of fused-ring (bicyclic) bond motifs is 1. The molecule has 1 N–H and O–H groups in total. The summed E-state index contributed by atoms with van der Waals surface area (Å²) in [4.78, 5) is 21.7. The summed E-state index contributed by atoms with van der Waals surface area (Å²) in [6, 6.07) is 9.95. The molecule has 108 valence electrons. The number of hydrogen-bond acceptors (Lipinski definition) is 5. The second kappa shape index (κ2) is 6.01. The molecular formula is C15H14N2O2S2. The first kappa shape index (κ1) is 14.3. The monoisotopic (exact) mass is 318 g/mol. The zero-order valence-electron chi connectivity index (χ0n) is 11.7. The van der Waals surface area contributed by atoms with E-state index >= 15 is 0 Å². The normalized spacial score (nSPS) is 11.1. The lowest BCUT2D eigenvalue weighted by Crippen LogP contribution is -2.09. The minimum atomic E-state index is -0.0955. The van der Waals surface area contributed by atoms with Crippen molar-refractivity contribution in [3.05, 3.63) is 45.6 Å². The lowest BCUT2D eigenvalue weighted by molar-refractivity contribution is 0.258. The average molecular weight is 318 g/mol. The Kier molecular flexibility index (Phi) is 4.10. The second-order valence-electron chi connectivity index (χ2n) is 4.50. The van der Waals surface area contributed by atoms with Crippen LogP contribution >= 0.6 is 23.1 Å². The van der Waals surface area contributed by atoms with Gasteiger partial charge in [-0.1, -0.05) is 42.1 Å². The summed E-state index contributed by atoms with van der Waals surface area (Å²) < 4.78 is 5.00. The summed E-state index contributed by atoms with van der Waals surface area (Å²) in [5, 5.41) is 1.26. The molecule has 0 bridgehead atoms. The number of nitrogens with one attached hydrogen (secondary N) is 1. The van der Waals surface area contributed by atoms with E-state index in [1.165, 1.54) is 11.8 Å². The average Bonchev–Trinajstić information content (AvgIpc) is 2.82. The molecule has 0 atom stereocenters. The highest BCUT2D eigenvalue weighted by atomic mass is 32.2. The van der Waals surface area contributed by atoms with Crippen molar-refractivity contribution in [2.45, 2.75) is 12.1 Å². The zero-order valence-corrected chi connectivity index (χ0v) is 13.3. The number of aromatic nitrogens is 2. The van der Waals surface area contributed by atoms with Gasteiger partial charge >= 0.3 is 0 Å². The van der Waals surface area contributed by atoms with Gasteiger partial charge in [-0.3, -0.25) is 4.79 Å². The number of ether oxygens (including phenoxy) is 1. The molecular weight excluding hydrogens is 304 g/mol. The number of nitrogens with zero attached hydrogens (tertiary/aromatic N) is 1. The van der Waals surface area contributed by atoms with E-state index < -0.39 is 0 Å². The smallest absolute Gasteiger partial charge is 0.260 e. The minimum absolute atomic E-state index is 0.0955. The van der Waals surface area contributed by atoms with Gasteiger partial charge in [-0.15, -0.1) is 11.3 Å². The van der Waals surface area contributed by atoms with Gasteiger partial charge < -0.3 is 9.72 Å². The third kappa shape index (κ3) is 2.74. The van der Waals surface area contributed by atoms with Crippen molar-refractivity contribution < 1.29 is 4.74 Å². The molecule has 0 aliphatic heterocycles. The summed E-state index contributed by atoms with van der Waals surface area (Å²) in [7, 11) is 1.62. The Balaban J connectivity index is 2.19. The largest absolute Gasteiger partial charge is 0.374 e. The van der Waals surface area contributed by atoms with Crippen LogP contribution in [0, 0.1) is 6.92 Å². The van der Waals surface area contributed by atoms with Crippen molar-refractivity contribution in [1.82, 2.24) is 9.97 Å². The van der Waals surface area contributed by atoms with Crippen LogP contribution in [0.2, 0.25) is 0 Å². The van der Waals surface area contributed by atoms with Crippen molar-refractivity contribution in [3.8, 4) is 11.1 Å². The van der Waals surface area contributed by atoms with Gasteiger partial charge in [0, 0.05) is 17.6 Å². The van der Waals surface area contributed by atoms with Crippen molar-refractivity contribution in [2.75, 3.05) is 13.0 Å². The molecule has 21 heavy (non-hydrogen) atoms. The molecule has 0 amide bonds. The standard InChI is InChI=1S/C15H14N2O2S2/c1-9-11(10-6-4-3-5-7-10)12-13(18)16-15(20-8-19-2)17-14(12)21-9/h3-7H,8H2,1-2H3,(H,16,17,18). The fraction of sp³-hybridized carbons (Fsp3) is 0.200. The van der Waals surface area contributed by atoms with Gasteiger partial charge in [-0.2, -0.15) is 0 Å². The van der Waals surface area contributed by atoms with Crippen molar-refractivity contribution in [1.29, 1.82) is 0 Å². The Labute approximate surface area is 130 Å². The van der Waals surface area contributed by atoms with E-state index in [2.05, 4.69) is 9.97 Å². The summed E-state index contributed by atoms with van der Waals surface area (Å²) >= 11 is 2.93. The Morgan fingerprint density at radius 1 is 1.33 bits per heavy atom. The number of hydrogen-bond donors (Lipinski definition) is 1. The SMILES string of the molecule is COCSc1nc2sc(C)c(-c3ccccc3)c2c(=O)[nH]1. The van der Waals surface area contributed by atoms with E-state index in [1.54, 1.807) is 18.4 Å². The van der Waals surface area contributed by atoms with Crippen LogP contribution in [-0.4, -0.2) is 23.0 Å². The van der Waals surface area contributed by atoms with Crippen molar-refractivity contribution in [2.24, 2.45) is 0 Å². The molecule has 0 saturated carbocycles. The Morgan fingerprint density at radius 3 is 2.81 bits per heavy atom. The van der Waals surface area contributed by atoms with E-state index in [0.717, 1.165) is 20.8 Å². The Hall–Kier alpha value is -1.63. The molecule has 0 spiro atoms. The molecule has 2 aromatic heterocycles. The second-order valence-corrected chi connectivity index (χ2v) is 6.62. The number of aromatic amines is 1. The van der Waals surface area contributed by atoms with Crippen LogP contribution in [0.1, 0.15) is 4.88 Å². The first-order chi connectivity index (χ1) is 10.2. The van der Waals surface area contributed by atoms with Gasteiger partial charge in [-0.05, 0) is 12.5 Å². The van der Waals surface area contributed by atoms with Crippen LogP contribution in [-0.2, 0) is 4.74 Å². The molecule has 2 heterocycles. The third-order valence-electron chi connectivity index (χ3n) is 3.09. The molecule has 0 saturated heterocycles. The molecule has 0 unspecified atom stereocenters. The third-order valence-corrected chi connectivity index (χ3v) is 4.91. The molecule has 6 heteroatoms. The molecule has 0 aliphatic carbocycles. The summed E-state index contributed by atoms with van der Waals surface area (Å²) in [6.07, 6.45) is 0. The maximum absolute atomic E-state index is 12.4. The highest BCUT2D eigenvalue weighted by molar-refractivity contribution is 7.99. The first-order valence-corrected chi connectivity index (χ1v) is 8.21. The number of thiophene rings is 1. The predicted molar refractivity (Wildman–Crippen MR) is 88.1 cm³/mol. The van der Waals surface area contributed by atoms with Gasteiger partial charge in [0.25, 0.3) is 5.56 Å². The van der Waals surface area contributed by atoms with Crippen molar-refractivity contribution >= 4 is 33.3 Å². The number of benzene rings is 1. The topological polar surface area (TPSA) is 55.0 Å². The van der Waals surface area contributed by atoms with E-state index in [0.29, 0.717) is 16.5 Å². The molecule has 0 aliphatic rings. The number of rotatable bonds is 4. The highest BCUT2D eigenvalue weighted by Gasteiger charge is 2.16. The van der Waals surface area contributed by atoms with E-state index in [9.17, 15) is 4.79 Å². The quantitative estimate of drug-likeness (QED) is 0.453. The number of thioether (sulfide) groups is 1. The molecule has 3 aromatic rings. The summed E-state index contributed by atoms with van der Waals surface area (Å²) in [5.74, 6) is 0.463. The minimum Gasteiger partial charge on any atom is -0.374 e. The maximum Gasteiger partial charge on any atom is 0.260 e. The van der Waals surface area contributed by atoms with Crippen LogP contribution in [0.4, 0.5) is 0 Å². The van der Waals surface area contributed by atoms with Crippen LogP contribution in [0.5, 0.6) is 0 Å². The zero-order chi connectivity index (χ0) is 14.8. The molecule has 3 rings (SSSR count). The van der Waals surface area contributed by atoms with Gasteiger partial charge in [0.15, 0.2) is 5.16 Å². The van der Waals surface area contributed by atoms with E-state index in [1.807, 2.05) is 37.3 Å². The molecule has 4 nitrogen and oxygen atoms in total. The lowest BCUT2D eigenvalue weighted by Gasteiger charge is -2.02. The molecule has 1 aromatic carbocycles. The predicted octanol–water partition coefficient (Wildman–Crippen LogP) is 3.66. The Bertz CT molecular complexity index is 825. The first-order valence-electron chi connectivity index (χ1n) is 6.41. The molecule has 0 fully saturated rings. The van der Waals surface area contributed by atoms with E-state index in [4.69, 9.17) is 4.74 Å². The lowest BCUT2D eigenvalue weighted by atomic mass is 10.0. The number of aryl methyl sites for hydroxylation is 1. The summed E-state index contributed by atoms with van der Waals surface area (Å²) in [5.41, 5.74) is 1.93. The van der Waals surface area contributed by atoms with Crippen LogP contribution in [0.15, 0.2) is 40.3 Å². The van der Waals surface area contributed by atoms with Crippen LogP contribution < -0.4 is 5.56 Å². The van der Waals surface area contributed by atoms with E-state index in [-0.39, 0.29) is 5.56 Å². The van der Waals surface area contributed by atoms with Gasteiger partial charge in [0.1, 0.15) is 4.83 Å². The Morgan fingerprint density at radius 2 is 2.10 bits per heavy atom. The van der Waals surface area contributed by atoms with Crippen LogP contribution in [0.25, 0.3) is 21.3 Å². The fourth-order valence-corrected chi connectivity index (χ4v) is 3.89. The van der Waals surface area contributed by atoms with Gasteiger partial charge in [0.2, 0.25) is 0 Å². The van der Waals surface area contributed by atoms with Crippen LogP contribution in [0.3, 0.4) is 0 Å². The maximum atomic E-state index is 12.4.